The average molecular weight is 196 g/mol. The SMILES string of the molecule is CCCNCCc1ncc(C(C)C)o1. The van der Waals surface area contributed by atoms with Crippen molar-refractivity contribution in [2.45, 2.75) is 39.5 Å². The molecule has 0 fully saturated rings. The van der Waals surface area contributed by atoms with Gasteiger partial charge in [-0.3, -0.25) is 0 Å². The Bertz CT molecular complexity index is 256. The lowest BCUT2D eigenvalue weighted by Gasteiger charge is -2.00. The van der Waals surface area contributed by atoms with E-state index in [9.17, 15) is 0 Å². The first-order valence-corrected chi connectivity index (χ1v) is 5.39. The number of oxazole rings is 1. The van der Waals surface area contributed by atoms with Gasteiger partial charge < -0.3 is 9.73 Å². The van der Waals surface area contributed by atoms with Crippen molar-refractivity contribution in [1.82, 2.24) is 10.3 Å². The number of rotatable bonds is 6. The quantitative estimate of drug-likeness (QED) is 0.710. The third-order valence-electron chi connectivity index (χ3n) is 2.08. The van der Waals surface area contributed by atoms with Crippen LogP contribution in [0.15, 0.2) is 10.6 Å². The maximum atomic E-state index is 5.57. The molecule has 0 bridgehead atoms. The minimum Gasteiger partial charge on any atom is -0.445 e. The van der Waals surface area contributed by atoms with Gasteiger partial charge in [0.05, 0.1) is 6.20 Å². The largest absolute Gasteiger partial charge is 0.445 e. The van der Waals surface area contributed by atoms with Gasteiger partial charge in [-0.1, -0.05) is 20.8 Å². The number of nitrogens with one attached hydrogen (secondary N) is 1. The molecule has 14 heavy (non-hydrogen) atoms. The van der Waals surface area contributed by atoms with E-state index < -0.39 is 0 Å². The molecule has 3 heteroatoms. The van der Waals surface area contributed by atoms with E-state index in [-0.39, 0.29) is 0 Å². The van der Waals surface area contributed by atoms with Crippen molar-refractivity contribution in [3.63, 3.8) is 0 Å². The van der Waals surface area contributed by atoms with Crippen molar-refractivity contribution < 1.29 is 4.42 Å². The van der Waals surface area contributed by atoms with Gasteiger partial charge in [0.2, 0.25) is 0 Å². The molecule has 0 unspecified atom stereocenters. The molecule has 1 N–H and O–H groups in total. The van der Waals surface area contributed by atoms with Crippen LogP contribution in [0.5, 0.6) is 0 Å². The molecule has 0 saturated carbocycles. The molecule has 0 radical (unpaired) electrons. The van der Waals surface area contributed by atoms with Crippen LogP contribution in [0.4, 0.5) is 0 Å². The minimum atomic E-state index is 0.430. The summed E-state index contributed by atoms with van der Waals surface area (Å²) in [7, 11) is 0. The predicted molar refractivity (Wildman–Crippen MR) is 57.5 cm³/mol. The molecule has 1 rings (SSSR count). The topological polar surface area (TPSA) is 38.1 Å². The molecule has 1 aromatic heterocycles. The van der Waals surface area contributed by atoms with Gasteiger partial charge in [0, 0.05) is 18.9 Å². The van der Waals surface area contributed by atoms with Gasteiger partial charge >= 0.3 is 0 Å². The van der Waals surface area contributed by atoms with Crippen molar-refractivity contribution in [3.05, 3.63) is 17.8 Å². The smallest absolute Gasteiger partial charge is 0.195 e. The number of hydrogen-bond donors (Lipinski definition) is 1. The Kier molecular flexibility index (Phi) is 4.66. The molecular formula is C11H20N2O. The van der Waals surface area contributed by atoms with Crippen LogP contribution in [-0.4, -0.2) is 18.1 Å². The molecule has 80 valence electrons. The summed E-state index contributed by atoms with van der Waals surface area (Å²) in [6, 6.07) is 0. The van der Waals surface area contributed by atoms with Gasteiger partial charge in [-0.15, -0.1) is 0 Å². The molecule has 0 aliphatic rings. The monoisotopic (exact) mass is 196 g/mol. The lowest BCUT2D eigenvalue weighted by molar-refractivity contribution is 0.434. The Hall–Kier alpha value is -0.830. The van der Waals surface area contributed by atoms with Crippen LogP contribution in [0, 0.1) is 0 Å². The van der Waals surface area contributed by atoms with Gasteiger partial charge in [0.25, 0.3) is 0 Å². The van der Waals surface area contributed by atoms with E-state index in [0.29, 0.717) is 5.92 Å². The van der Waals surface area contributed by atoms with Crippen LogP contribution in [-0.2, 0) is 6.42 Å². The van der Waals surface area contributed by atoms with E-state index in [1.54, 1.807) is 0 Å². The summed E-state index contributed by atoms with van der Waals surface area (Å²) < 4.78 is 5.57. The molecule has 1 aromatic rings. The zero-order valence-corrected chi connectivity index (χ0v) is 9.34. The van der Waals surface area contributed by atoms with Crippen molar-refractivity contribution in [1.29, 1.82) is 0 Å². The molecule has 0 spiro atoms. The third-order valence-corrected chi connectivity index (χ3v) is 2.08. The molecule has 0 saturated heterocycles. The van der Waals surface area contributed by atoms with E-state index in [0.717, 1.165) is 31.2 Å². The number of aromatic nitrogens is 1. The van der Waals surface area contributed by atoms with Crippen LogP contribution in [0.25, 0.3) is 0 Å². The highest BCUT2D eigenvalue weighted by molar-refractivity contribution is 4.99. The van der Waals surface area contributed by atoms with Crippen LogP contribution in [0.1, 0.15) is 44.8 Å². The van der Waals surface area contributed by atoms with Gasteiger partial charge in [-0.05, 0) is 13.0 Å². The number of nitrogens with zero attached hydrogens (tertiary/aromatic N) is 1. The van der Waals surface area contributed by atoms with Crippen LogP contribution in [0.2, 0.25) is 0 Å². The van der Waals surface area contributed by atoms with E-state index in [1.807, 2.05) is 6.20 Å². The lowest BCUT2D eigenvalue weighted by Crippen LogP contribution is -2.17. The van der Waals surface area contributed by atoms with Crippen molar-refractivity contribution in [2.75, 3.05) is 13.1 Å². The summed E-state index contributed by atoms with van der Waals surface area (Å²) in [5, 5.41) is 3.32. The number of hydrogen-bond acceptors (Lipinski definition) is 3. The first-order chi connectivity index (χ1) is 6.74. The lowest BCUT2D eigenvalue weighted by atomic mass is 10.2. The van der Waals surface area contributed by atoms with E-state index in [2.05, 4.69) is 31.1 Å². The van der Waals surface area contributed by atoms with Crippen LogP contribution < -0.4 is 5.32 Å². The maximum Gasteiger partial charge on any atom is 0.195 e. The Morgan fingerprint density at radius 1 is 1.43 bits per heavy atom. The second-order valence-electron chi connectivity index (χ2n) is 3.81. The summed E-state index contributed by atoms with van der Waals surface area (Å²) in [4.78, 5) is 4.23. The highest BCUT2D eigenvalue weighted by Gasteiger charge is 2.06. The maximum absolute atomic E-state index is 5.57. The second kappa shape index (κ2) is 5.81. The highest BCUT2D eigenvalue weighted by atomic mass is 16.4. The Labute approximate surface area is 85.9 Å². The summed E-state index contributed by atoms with van der Waals surface area (Å²) in [6.07, 6.45) is 3.88. The molecule has 0 amide bonds. The molecule has 0 atom stereocenters. The first kappa shape index (κ1) is 11.2. The van der Waals surface area contributed by atoms with E-state index >= 15 is 0 Å². The normalized spacial score (nSPS) is 11.1. The van der Waals surface area contributed by atoms with Gasteiger partial charge in [-0.2, -0.15) is 0 Å². The molecule has 3 nitrogen and oxygen atoms in total. The Morgan fingerprint density at radius 2 is 2.21 bits per heavy atom. The van der Waals surface area contributed by atoms with E-state index in [1.165, 1.54) is 6.42 Å². The summed E-state index contributed by atoms with van der Waals surface area (Å²) in [5.41, 5.74) is 0. The molecule has 0 aliphatic heterocycles. The highest BCUT2D eigenvalue weighted by Crippen LogP contribution is 2.14. The Morgan fingerprint density at radius 3 is 2.79 bits per heavy atom. The van der Waals surface area contributed by atoms with Crippen LogP contribution >= 0.6 is 0 Å². The second-order valence-corrected chi connectivity index (χ2v) is 3.81. The zero-order valence-electron chi connectivity index (χ0n) is 9.34. The first-order valence-electron chi connectivity index (χ1n) is 5.39. The fraction of sp³-hybridized carbons (Fsp3) is 0.727. The minimum absolute atomic E-state index is 0.430. The average Bonchev–Trinajstić information content (AvgIpc) is 2.61. The molecular weight excluding hydrogens is 176 g/mol. The fourth-order valence-corrected chi connectivity index (χ4v) is 1.20. The summed E-state index contributed by atoms with van der Waals surface area (Å²) in [5.74, 6) is 2.26. The zero-order chi connectivity index (χ0) is 10.4. The van der Waals surface area contributed by atoms with Crippen molar-refractivity contribution in [2.24, 2.45) is 0 Å². The van der Waals surface area contributed by atoms with E-state index in [4.69, 9.17) is 4.42 Å². The van der Waals surface area contributed by atoms with Gasteiger partial charge in [0.15, 0.2) is 5.89 Å². The molecule has 0 aromatic carbocycles. The Balaban J connectivity index is 2.29. The van der Waals surface area contributed by atoms with Crippen molar-refractivity contribution >= 4 is 0 Å². The van der Waals surface area contributed by atoms with Crippen LogP contribution in [0.3, 0.4) is 0 Å². The molecule has 1 heterocycles. The van der Waals surface area contributed by atoms with Gasteiger partial charge in [-0.25, -0.2) is 4.98 Å². The predicted octanol–water partition coefficient (Wildman–Crippen LogP) is 2.34. The third kappa shape index (κ3) is 3.50. The fourth-order valence-electron chi connectivity index (χ4n) is 1.20. The summed E-state index contributed by atoms with van der Waals surface area (Å²) in [6.45, 7) is 8.40. The summed E-state index contributed by atoms with van der Waals surface area (Å²) >= 11 is 0. The van der Waals surface area contributed by atoms with Crippen molar-refractivity contribution in [3.8, 4) is 0 Å². The van der Waals surface area contributed by atoms with Gasteiger partial charge in [0.1, 0.15) is 5.76 Å². The standard InChI is InChI=1S/C11H20N2O/c1-4-6-12-7-5-11-13-8-10(14-11)9(2)3/h8-9,12H,4-7H2,1-3H3. The molecule has 0 aliphatic carbocycles.